The van der Waals surface area contributed by atoms with Gasteiger partial charge in [0.1, 0.15) is 0 Å². The number of rotatable bonds is 6. The second-order valence-corrected chi connectivity index (χ2v) is 16.7. The molecule has 0 aromatic heterocycles. The summed E-state index contributed by atoms with van der Waals surface area (Å²) in [5.41, 5.74) is 3.08. The third-order valence-corrected chi connectivity index (χ3v) is 12.2. The van der Waals surface area contributed by atoms with Gasteiger partial charge >= 0.3 is 0 Å². The van der Waals surface area contributed by atoms with Gasteiger partial charge in [0.2, 0.25) is 0 Å². The molecular formula is C30H40HfP2-2. The second-order valence-electron chi connectivity index (χ2n) is 9.87. The maximum atomic E-state index is 2.39. The van der Waals surface area contributed by atoms with Gasteiger partial charge in [-0.3, -0.25) is 0 Å². The SMILES string of the molecule is CC(C)P(c1cc2ccccc2[cH-]1)C(C)C.CC(C)P(c1cc2ccccc2[cH-]1)C(C)C.[Hf]. The van der Waals surface area contributed by atoms with E-state index in [-0.39, 0.29) is 41.7 Å². The minimum atomic E-state index is -0.0206. The Morgan fingerprint density at radius 3 is 1.09 bits per heavy atom. The van der Waals surface area contributed by atoms with Gasteiger partial charge in [-0.05, 0) is 22.6 Å². The number of hydrogen-bond donors (Lipinski definition) is 0. The van der Waals surface area contributed by atoms with Crippen molar-refractivity contribution >= 4 is 48.0 Å². The molecule has 0 spiro atoms. The molecule has 176 valence electrons. The average Bonchev–Trinajstić information content (AvgIpc) is 3.30. The summed E-state index contributed by atoms with van der Waals surface area (Å²) < 4.78 is 0. The van der Waals surface area contributed by atoms with E-state index in [1.807, 2.05) is 0 Å². The number of benzene rings is 2. The van der Waals surface area contributed by atoms with Gasteiger partial charge in [-0.1, -0.05) is 83.4 Å². The van der Waals surface area contributed by atoms with Crippen LogP contribution < -0.4 is 10.6 Å². The molecule has 0 aliphatic heterocycles. The fraction of sp³-hybridized carbons (Fsp3) is 0.400. The summed E-state index contributed by atoms with van der Waals surface area (Å²) in [6, 6.07) is 26.9. The van der Waals surface area contributed by atoms with Crippen molar-refractivity contribution in [2.75, 3.05) is 0 Å². The zero-order chi connectivity index (χ0) is 23.4. The molecule has 3 heteroatoms. The summed E-state index contributed by atoms with van der Waals surface area (Å²) in [7, 11) is -0.0412. The normalized spacial score (nSPS) is 11.8. The summed E-state index contributed by atoms with van der Waals surface area (Å²) >= 11 is 0. The molecule has 0 nitrogen and oxygen atoms in total. The van der Waals surface area contributed by atoms with E-state index in [1.54, 1.807) is 10.6 Å². The topological polar surface area (TPSA) is 0 Å². The summed E-state index contributed by atoms with van der Waals surface area (Å²) in [4.78, 5) is 0. The molecular weight excluding hydrogens is 601 g/mol. The summed E-state index contributed by atoms with van der Waals surface area (Å²) in [6.07, 6.45) is 0. The Bertz CT molecular complexity index is 944. The smallest absolute Gasteiger partial charge is 0 e. The van der Waals surface area contributed by atoms with Crippen molar-refractivity contribution in [3.8, 4) is 0 Å². The van der Waals surface area contributed by atoms with Gasteiger partial charge in [0.25, 0.3) is 0 Å². The molecule has 0 atom stereocenters. The Morgan fingerprint density at radius 1 is 0.515 bits per heavy atom. The van der Waals surface area contributed by atoms with E-state index < -0.39 is 0 Å². The van der Waals surface area contributed by atoms with Crippen LogP contribution in [0.1, 0.15) is 55.4 Å². The molecule has 4 aromatic rings. The Morgan fingerprint density at radius 2 is 0.818 bits per heavy atom. The van der Waals surface area contributed by atoms with Crippen LogP contribution in [0.25, 0.3) is 21.5 Å². The van der Waals surface area contributed by atoms with Gasteiger partial charge in [0.05, 0.1) is 0 Å². The van der Waals surface area contributed by atoms with E-state index in [0.29, 0.717) is 0 Å². The first-order chi connectivity index (χ1) is 15.2. The van der Waals surface area contributed by atoms with E-state index in [2.05, 4.69) is 128 Å². The zero-order valence-corrected chi connectivity index (χ0v) is 27.0. The van der Waals surface area contributed by atoms with Gasteiger partial charge in [0, 0.05) is 25.8 Å². The molecule has 0 aliphatic rings. The monoisotopic (exact) mass is 642 g/mol. The van der Waals surface area contributed by atoms with Crippen molar-refractivity contribution in [2.45, 2.75) is 78.0 Å². The largest absolute Gasteiger partial charge is 0.161 e. The average molecular weight is 641 g/mol. The molecule has 0 fully saturated rings. The molecule has 0 saturated carbocycles. The quantitative estimate of drug-likeness (QED) is 0.112. The Balaban J connectivity index is 0.000000227. The van der Waals surface area contributed by atoms with Crippen molar-refractivity contribution < 1.29 is 25.8 Å². The summed E-state index contributed by atoms with van der Waals surface area (Å²) in [6.45, 7) is 18.8. The molecule has 0 N–H and O–H groups in total. The third kappa shape index (κ3) is 7.19. The molecule has 0 bridgehead atoms. The van der Waals surface area contributed by atoms with E-state index in [4.69, 9.17) is 0 Å². The fourth-order valence-corrected chi connectivity index (χ4v) is 10.9. The maximum Gasteiger partial charge on any atom is 0 e. The minimum absolute atomic E-state index is 0. The second kappa shape index (κ2) is 12.9. The van der Waals surface area contributed by atoms with Crippen LogP contribution in [0.2, 0.25) is 0 Å². The predicted octanol–water partition coefficient (Wildman–Crippen LogP) is 8.96. The van der Waals surface area contributed by atoms with Crippen LogP contribution in [-0.2, 0) is 25.8 Å². The van der Waals surface area contributed by atoms with Gasteiger partial charge < -0.3 is 0 Å². The van der Waals surface area contributed by atoms with E-state index in [1.165, 1.54) is 21.5 Å². The summed E-state index contributed by atoms with van der Waals surface area (Å²) in [5.74, 6) is 0. The van der Waals surface area contributed by atoms with Crippen LogP contribution in [0.5, 0.6) is 0 Å². The molecule has 4 aromatic carbocycles. The Labute approximate surface area is 223 Å². The molecule has 0 heterocycles. The van der Waals surface area contributed by atoms with E-state index >= 15 is 0 Å². The van der Waals surface area contributed by atoms with Gasteiger partial charge in [-0.15, -0.1) is 80.7 Å². The van der Waals surface area contributed by atoms with Crippen LogP contribution in [-0.4, -0.2) is 22.6 Å². The van der Waals surface area contributed by atoms with Crippen LogP contribution in [0.15, 0.2) is 72.8 Å². The summed E-state index contributed by atoms with van der Waals surface area (Å²) in [5, 5.41) is 8.72. The van der Waals surface area contributed by atoms with E-state index in [0.717, 1.165) is 22.6 Å². The van der Waals surface area contributed by atoms with Crippen molar-refractivity contribution in [1.29, 1.82) is 0 Å². The van der Waals surface area contributed by atoms with Crippen LogP contribution in [0.3, 0.4) is 0 Å². The Kier molecular flexibility index (Phi) is 11.2. The molecule has 0 unspecified atom stereocenters. The van der Waals surface area contributed by atoms with Crippen molar-refractivity contribution in [1.82, 2.24) is 0 Å². The van der Waals surface area contributed by atoms with Crippen LogP contribution in [0, 0.1) is 0 Å². The van der Waals surface area contributed by atoms with Crippen LogP contribution >= 0.6 is 15.8 Å². The van der Waals surface area contributed by atoms with Gasteiger partial charge in [-0.2, -0.15) is 12.1 Å². The van der Waals surface area contributed by atoms with Crippen molar-refractivity contribution in [3.05, 3.63) is 72.8 Å². The molecule has 0 amide bonds. The maximum absolute atomic E-state index is 2.39. The van der Waals surface area contributed by atoms with E-state index in [9.17, 15) is 0 Å². The zero-order valence-electron chi connectivity index (χ0n) is 21.6. The standard InChI is InChI=1S/2C15H20P.Hf/c2*1-11(2)16(12(3)4)15-9-13-7-5-6-8-14(13)10-15;/h2*5-12H,1-4H3;/q2*-1;. The Hall–Kier alpha value is -0.610. The third-order valence-electron chi connectivity index (χ3n) is 6.03. The van der Waals surface area contributed by atoms with Crippen molar-refractivity contribution in [3.63, 3.8) is 0 Å². The molecule has 0 aliphatic carbocycles. The number of fused-ring (bicyclic) bond motifs is 2. The van der Waals surface area contributed by atoms with Crippen molar-refractivity contribution in [2.24, 2.45) is 0 Å². The first-order valence-corrected chi connectivity index (χ1v) is 15.0. The van der Waals surface area contributed by atoms with Gasteiger partial charge in [-0.25, -0.2) is 0 Å². The first-order valence-electron chi connectivity index (χ1n) is 12.1. The van der Waals surface area contributed by atoms with Crippen LogP contribution in [0.4, 0.5) is 0 Å². The van der Waals surface area contributed by atoms with Gasteiger partial charge in [0.15, 0.2) is 0 Å². The molecule has 0 saturated heterocycles. The first kappa shape index (κ1) is 28.6. The fourth-order valence-electron chi connectivity index (χ4n) is 4.95. The molecule has 33 heavy (non-hydrogen) atoms. The molecule has 4 rings (SSSR count). The molecule has 0 radical (unpaired) electrons. The number of hydrogen-bond acceptors (Lipinski definition) is 0. The predicted molar refractivity (Wildman–Crippen MR) is 153 cm³/mol. The minimum Gasteiger partial charge on any atom is -0.161 e.